The molecule has 9 aromatic rings. The molecule has 3 aromatic heterocycles. The molecule has 0 aliphatic heterocycles. The van der Waals surface area contributed by atoms with Gasteiger partial charge in [-0.2, -0.15) is 0 Å². The molecule has 0 amide bonds. The van der Waals surface area contributed by atoms with Gasteiger partial charge in [0.05, 0.1) is 4.92 Å². The van der Waals surface area contributed by atoms with E-state index in [0.717, 1.165) is 16.7 Å². The summed E-state index contributed by atoms with van der Waals surface area (Å²) in [5, 5.41) is 18.9. The number of aromatic nitrogens is 1. The van der Waals surface area contributed by atoms with Crippen LogP contribution in [-0.4, -0.2) is 24.0 Å². The number of benzene rings is 6. The summed E-state index contributed by atoms with van der Waals surface area (Å²) in [5.74, 6) is 0. The van der Waals surface area contributed by atoms with E-state index in [1.807, 2.05) is 23.5 Å². The van der Waals surface area contributed by atoms with Gasteiger partial charge >= 0.3 is 230 Å². The third-order valence-corrected chi connectivity index (χ3v) is 11.9. The Morgan fingerprint density at radius 2 is 1.38 bits per heavy atom. The molecule has 9 rings (SSSR count). The molecule has 0 N–H and O–H groups in total. The van der Waals surface area contributed by atoms with Gasteiger partial charge in [-0.15, -0.1) is 0 Å². The van der Waals surface area contributed by atoms with Gasteiger partial charge in [-0.3, -0.25) is 10.1 Å². The van der Waals surface area contributed by atoms with Crippen LogP contribution < -0.4 is 0 Å². The van der Waals surface area contributed by atoms with Crippen molar-refractivity contribution in [2.45, 2.75) is 0 Å². The normalized spacial score (nSPS) is 12.0. The molecule has 0 saturated carbocycles. The van der Waals surface area contributed by atoms with E-state index in [0.29, 0.717) is 14.5 Å². The number of fused-ring (bicyclic) bond motifs is 10. The second kappa shape index (κ2) is 8.88. The molecule has 0 atom stereocenters. The Morgan fingerprint density at radius 1 is 0.667 bits per heavy atom. The summed E-state index contributed by atoms with van der Waals surface area (Å²) >= 11 is 2.17. The monoisotopic (exact) mass is 624 g/mol. The zero-order chi connectivity index (χ0) is 27.9. The van der Waals surface area contributed by atoms with Crippen molar-refractivity contribution in [1.82, 2.24) is 4.57 Å². The number of nitrogens with zero attached hydrogens (tertiary/aromatic N) is 2. The molecule has 0 unspecified atom stereocenters. The van der Waals surface area contributed by atoms with Crippen molar-refractivity contribution in [2.24, 2.45) is 0 Å². The van der Waals surface area contributed by atoms with Crippen molar-refractivity contribution in [1.29, 1.82) is 0 Å². The maximum atomic E-state index is 11.4. The molecule has 0 radical (unpaired) electrons. The summed E-state index contributed by atoms with van der Waals surface area (Å²) in [7, 11) is 0. The Morgan fingerprint density at radius 3 is 2.21 bits per heavy atom. The minimum atomic E-state index is -0.345. The van der Waals surface area contributed by atoms with Crippen molar-refractivity contribution in [3.63, 3.8) is 0 Å². The van der Waals surface area contributed by atoms with Crippen LogP contribution in [0.5, 0.6) is 0 Å². The molecule has 4 nitrogen and oxygen atoms in total. The molecule has 0 fully saturated rings. The van der Waals surface area contributed by atoms with Gasteiger partial charge in [0, 0.05) is 0 Å². The number of hydrogen-bond acceptors (Lipinski definition) is 3. The fourth-order valence-corrected chi connectivity index (χ4v) is 9.96. The predicted molar refractivity (Wildman–Crippen MR) is 178 cm³/mol. The van der Waals surface area contributed by atoms with E-state index in [-0.39, 0.29) is 10.6 Å². The van der Waals surface area contributed by atoms with Gasteiger partial charge in [0.25, 0.3) is 5.69 Å². The molecule has 198 valence electrons. The van der Waals surface area contributed by atoms with Crippen LogP contribution in [-0.2, 0) is 0 Å². The van der Waals surface area contributed by atoms with Gasteiger partial charge in [-0.05, 0) is 0 Å². The van der Waals surface area contributed by atoms with Crippen molar-refractivity contribution < 1.29 is 4.92 Å². The van der Waals surface area contributed by atoms with Crippen LogP contribution in [0.4, 0.5) is 5.69 Å². The van der Waals surface area contributed by atoms with E-state index in [1.165, 1.54) is 61.4 Å². The summed E-state index contributed by atoms with van der Waals surface area (Å²) in [6, 6.07) is 42.2. The van der Waals surface area contributed by atoms with Crippen LogP contribution >= 0.6 is 11.3 Å². The second-order valence-corrected chi connectivity index (χ2v) is 13.9. The summed E-state index contributed by atoms with van der Waals surface area (Å²) in [6.45, 7) is 0. The van der Waals surface area contributed by atoms with Gasteiger partial charge in [-0.25, -0.2) is 0 Å². The zero-order valence-corrected chi connectivity index (χ0v) is 24.6. The average Bonchev–Trinajstić information content (AvgIpc) is 3.70. The Bertz CT molecular complexity index is 2550. The van der Waals surface area contributed by atoms with Crippen molar-refractivity contribution >= 4 is 92.8 Å². The standard InChI is InChI=1S/C36H20N2O2SSe/c39-38(40)23-16-14-22(15-17-23)37-30-10-4-1-7-24(30)29-20-27(36-34(35(29)37)26-9-2-5-11-31(26)41-36)21-13-18-33-28(19-21)25-8-3-6-12-32(25)42-33/h1-20H. The summed E-state index contributed by atoms with van der Waals surface area (Å²) in [4.78, 5) is 11.1. The summed E-state index contributed by atoms with van der Waals surface area (Å²) in [5.41, 5.74) is 5.69. The van der Waals surface area contributed by atoms with Gasteiger partial charge < -0.3 is 0 Å². The van der Waals surface area contributed by atoms with Gasteiger partial charge in [-0.1, -0.05) is 0 Å². The maximum absolute atomic E-state index is 11.4. The quantitative estimate of drug-likeness (QED) is 0.112. The van der Waals surface area contributed by atoms with Crippen LogP contribution in [0.2, 0.25) is 0 Å². The third kappa shape index (κ3) is 3.34. The molecule has 6 heteroatoms. The van der Waals surface area contributed by atoms with E-state index in [1.54, 1.807) is 12.1 Å². The van der Waals surface area contributed by atoms with Gasteiger partial charge in [0.2, 0.25) is 0 Å². The minimum absolute atomic E-state index is 0.0903. The number of rotatable bonds is 3. The first-order valence-electron chi connectivity index (χ1n) is 13.7. The van der Waals surface area contributed by atoms with Crippen LogP contribution in [0.15, 0.2) is 121 Å². The Kier molecular flexibility index (Phi) is 5.05. The van der Waals surface area contributed by atoms with E-state index in [4.69, 9.17) is 0 Å². The van der Waals surface area contributed by atoms with Crippen molar-refractivity contribution in [3.8, 4) is 16.8 Å². The molecular weight excluding hydrogens is 603 g/mol. The molecule has 3 heterocycles. The number of nitro groups is 1. The van der Waals surface area contributed by atoms with Crippen LogP contribution in [0.3, 0.4) is 0 Å². The van der Waals surface area contributed by atoms with Crippen molar-refractivity contribution in [3.05, 3.63) is 131 Å². The van der Waals surface area contributed by atoms with E-state index in [9.17, 15) is 10.1 Å². The Labute approximate surface area is 249 Å². The van der Waals surface area contributed by atoms with E-state index in [2.05, 4.69) is 102 Å². The zero-order valence-electron chi connectivity index (χ0n) is 22.1. The molecule has 0 spiro atoms. The van der Waals surface area contributed by atoms with Crippen molar-refractivity contribution in [2.75, 3.05) is 0 Å². The first-order chi connectivity index (χ1) is 20.7. The van der Waals surface area contributed by atoms with Crippen LogP contribution in [0.1, 0.15) is 0 Å². The average molecular weight is 624 g/mol. The number of thiophene rings is 1. The number of hydrogen-bond donors (Lipinski definition) is 0. The predicted octanol–water partition coefficient (Wildman–Crippen LogP) is 10.1. The molecule has 42 heavy (non-hydrogen) atoms. The van der Waals surface area contributed by atoms with Crippen LogP contribution in [0, 0.1) is 10.1 Å². The number of non-ortho nitro benzene ring substituents is 1. The second-order valence-electron chi connectivity index (χ2n) is 10.6. The Balaban J connectivity index is 1.44. The van der Waals surface area contributed by atoms with Gasteiger partial charge in [0.15, 0.2) is 0 Å². The molecule has 0 saturated heterocycles. The molecule has 6 aromatic carbocycles. The topological polar surface area (TPSA) is 48.1 Å². The first kappa shape index (κ1) is 23.9. The van der Waals surface area contributed by atoms with E-state index < -0.39 is 0 Å². The van der Waals surface area contributed by atoms with E-state index >= 15 is 0 Å². The SMILES string of the molecule is O=[N+]([O-])c1ccc(-n2c3ccccc3c3cc(-c4ccc5[se]c6ccccc6c5c4)c4sc5ccccc5c4c32)cc1. The van der Waals surface area contributed by atoms with Crippen LogP contribution in [0.25, 0.3) is 78.1 Å². The number of para-hydroxylation sites is 1. The fourth-order valence-electron chi connectivity index (χ4n) is 6.44. The van der Waals surface area contributed by atoms with Gasteiger partial charge in [0.1, 0.15) is 0 Å². The summed E-state index contributed by atoms with van der Waals surface area (Å²) in [6.07, 6.45) is 0. The fraction of sp³-hybridized carbons (Fsp3) is 0. The Hall–Kier alpha value is -4.74. The summed E-state index contributed by atoms with van der Waals surface area (Å²) < 4.78 is 7.67. The molecular formula is C36H20N2O2SSe. The first-order valence-corrected chi connectivity index (χ1v) is 16.2. The molecule has 0 aliphatic rings. The molecule has 0 bridgehead atoms. The molecule has 0 aliphatic carbocycles. The third-order valence-electron chi connectivity index (χ3n) is 8.29. The number of nitro benzene ring substituents is 1.